The molecule has 0 aliphatic heterocycles. The number of anilines is 1. The molecule has 0 aliphatic carbocycles. The SMILES string of the molecule is CN(C)C(=O)c1ccc(CNC(=O)c2ccc(NC(=O)c3ccco3)s2)cc1. The minimum absolute atomic E-state index is 0.0710. The molecule has 3 amide bonds. The fraction of sp³-hybridized carbons (Fsp3) is 0.150. The average Bonchev–Trinajstić information content (AvgIpc) is 3.38. The minimum Gasteiger partial charge on any atom is -0.459 e. The first-order valence-corrected chi connectivity index (χ1v) is 9.29. The molecule has 0 aliphatic rings. The second-order valence-electron chi connectivity index (χ2n) is 6.17. The molecule has 0 unspecified atom stereocenters. The van der Waals surface area contributed by atoms with Crippen LogP contribution in [0.25, 0.3) is 0 Å². The lowest BCUT2D eigenvalue weighted by Gasteiger charge is -2.10. The van der Waals surface area contributed by atoms with Gasteiger partial charge in [-0.2, -0.15) is 0 Å². The predicted octanol–water partition coefficient (Wildman–Crippen LogP) is 3.23. The Kier molecular flexibility index (Phi) is 5.90. The van der Waals surface area contributed by atoms with Crippen LogP contribution in [0, 0.1) is 0 Å². The van der Waals surface area contributed by atoms with Gasteiger partial charge in [0.15, 0.2) is 5.76 Å². The van der Waals surface area contributed by atoms with E-state index in [0.717, 1.165) is 5.56 Å². The van der Waals surface area contributed by atoms with Crippen LogP contribution in [0.3, 0.4) is 0 Å². The predicted molar refractivity (Wildman–Crippen MR) is 107 cm³/mol. The van der Waals surface area contributed by atoms with Crippen LogP contribution in [0.1, 0.15) is 36.1 Å². The monoisotopic (exact) mass is 397 g/mol. The zero-order valence-corrected chi connectivity index (χ0v) is 16.2. The van der Waals surface area contributed by atoms with Gasteiger partial charge in [0.2, 0.25) is 0 Å². The summed E-state index contributed by atoms with van der Waals surface area (Å²) in [6.45, 7) is 0.335. The molecule has 0 saturated carbocycles. The zero-order valence-electron chi connectivity index (χ0n) is 15.4. The number of nitrogens with zero attached hydrogens (tertiary/aromatic N) is 1. The van der Waals surface area contributed by atoms with Crippen LogP contribution < -0.4 is 10.6 Å². The van der Waals surface area contributed by atoms with Crippen LogP contribution in [-0.2, 0) is 6.54 Å². The van der Waals surface area contributed by atoms with Gasteiger partial charge in [-0.25, -0.2) is 0 Å². The lowest BCUT2D eigenvalue weighted by molar-refractivity contribution is 0.0826. The quantitative estimate of drug-likeness (QED) is 0.668. The van der Waals surface area contributed by atoms with Crippen molar-refractivity contribution in [2.75, 3.05) is 19.4 Å². The van der Waals surface area contributed by atoms with Crippen LogP contribution in [-0.4, -0.2) is 36.7 Å². The zero-order chi connectivity index (χ0) is 20.1. The van der Waals surface area contributed by atoms with Crippen molar-refractivity contribution in [3.05, 3.63) is 76.6 Å². The molecule has 3 rings (SSSR count). The number of carbonyl (C=O) groups excluding carboxylic acids is 3. The first-order valence-electron chi connectivity index (χ1n) is 8.47. The number of hydrogen-bond acceptors (Lipinski definition) is 5. The number of furan rings is 1. The Morgan fingerprint density at radius 2 is 1.75 bits per heavy atom. The van der Waals surface area contributed by atoms with Crippen molar-refractivity contribution in [1.29, 1.82) is 0 Å². The van der Waals surface area contributed by atoms with E-state index in [2.05, 4.69) is 10.6 Å². The van der Waals surface area contributed by atoms with E-state index in [1.165, 1.54) is 22.5 Å². The molecule has 0 fully saturated rings. The molecule has 8 heteroatoms. The first kappa shape index (κ1) is 19.4. The summed E-state index contributed by atoms with van der Waals surface area (Å²) in [5.74, 6) is -0.475. The Balaban J connectivity index is 1.55. The molecule has 144 valence electrons. The maximum atomic E-state index is 12.3. The van der Waals surface area contributed by atoms with Gasteiger partial charge in [0, 0.05) is 26.2 Å². The van der Waals surface area contributed by atoms with E-state index in [-0.39, 0.29) is 23.5 Å². The van der Waals surface area contributed by atoms with E-state index in [1.54, 1.807) is 62.6 Å². The van der Waals surface area contributed by atoms with Crippen molar-refractivity contribution in [1.82, 2.24) is 10.2 Å². The third-order valence-corrected chi connectivity index (χ3v) is 4.87. The number of benzene rings is 1. The van der Waals surface area contributed by atoms with Gasteiger partial charge in [0.25, 0.3) is 17.7 Å². The molecule has 3 aromatic rings. The summed E-state index contributed by atoms with van der Waals surface area (Å²) in [7, 11) is 3.39. The molecule has 7 nitrogen and oxygen atoms in total. The van der Waals surface area contributed by atoms with E-state index in [0.29, 0.717) is 22.0 Å². The molecular formula is C20H19N3O4S. The number of thiophene rings is 1. The summed E-state index contributed by atoms with van der Waals surface area (Å²) >= 11 is 1.18. The first-order chi connectivity index (χ1) is 13.4. The maximum absolute atomic E-state index is 12.3. The molecule has 1 aromatic carbocycles. The Hall–Kier alpha value is -3.39. The van der Waals surface area contributed by atoms with Crippen molar-refractivity contribution in [3.63, 3.8) is 0 Å². The maximum Gasteiger partial charge on any atom is 0.291 e. The number of rotatable bonds is 6. The highest BCUT2D eigenvalue weighted by Gasteiger charge is 2.13. The van der Waals surface area contributed by atoms with Crippen LogP contribution in [0.4, 0.5) is 5.00 Å². The van der Waals surface area contributed by atoms with Crippen molar-refractivity contribution < 1.29 is 18.8 Å². The summed E-state index contributed by atoms with van der Waals surface area (Å²) < 4.78 is 5.04. The van der Waals surface area contributed by atoms with Gasteiger partial charge < -0.3 is 20.0 Å². The van der Waals surface area contributed by atoms with Crippen LogP contribution in [0.15, 0.2) is 59.2 Å². The standard InChI is InChI=1S/C20H19N3O4S/c1-23(2)20(26)14-7-5-13(6-8-14)12-21-19(25)16-9-10-17(28-16)22-18(24)15-4-3-11-27-15/h3-11H,12H2,1-2H3,(H,21,25)(H,22,24). The third kappa shape index (κ3) is 4.66. The second-order valence-corrected chi connectivity index (χ2v) is 7.26. The van der Waals surface area contributed by atoms with Gasteiger partial charge in [-0.3, -0.25) is 14.4 Å². The van der Waals surface area contributed by atoms with Gasteiger partial charge in [0.1, 0.15) is 0 Å². The van der Waals surface area contributed by atoms with Crippen molar-refractivity contribution in [2.45, 2.75) is 6.54 Å². The van der Waals surface area contributed by atoms with E-state index in [9.17, 15) is 14.4 Å². The summed E-state index contributed by atoms with van der Waals surface area (Å²) in [6.07, 6.45) is 1.42. The van der Waals surface area contributed by atoms with Gasteiger partial charge in [0.05, 0.1) is 16.1 Å². The smallest absolute Gasteiger partial charge is 0.291 e. The van der Waals surface area contributed by atoms with Crippen molar-refractivity contribution in [3.8, 4) is 0 Å². The molecule has 2 N–H and O–H groups in total. The molecule has 0 bridgehead atoms. The average molecular weight is 397 g/mol. The second kappa shape index (κ2) is 8.53. The normalized spacial score (nSPS) is 10.4. The van der Waals surface area contributed by atoms with E-state index in [1.807, 2.05) is 0 Å². The number of hydrogen-bond donors (Lipinski definition) is 2. The number of amides is 3. The Bertz CT molecular complexity index is 975. The largest absolute Gasteiger partial charge is 0.459 e. The Morgan fingerprint density at radius 1 is 1.00 bits per heavy atom. The Labute approximate surface area is 166 Å². The highest BCUT2D eigenvalue weighted by Crippen LogP contribution is 2.22. The summed E-state index contributed by atoms with van der Waals surface area (Å²) in [4.78, 5) is 38.1. The minimum atomic E-state index is -0.369. The molecule has 2 aromatic heterocycles. The highest BCUT2D eigenvalue weighted by atomic mass is 32.1. The van der Waals surface area contributed by atoms with Crippen molar-refractivity contribution >= 4 is 34.1 Å². The van der Waals surface area contributed by atoms with Gasteiger partial charge in [-0.05, 0) is 42.0 Å². The molecule has 0 atom stereocenters. The third-order valence-electron chi connectivity index (χ3n) is 3.87. The molecule has 2 heterocycles. The summed E-state index contributed by atoms with van der Waals surface area (Å²) in [5, 5.41) is 6.07. The van der Waals surface area contributed by atoms with Gasteiger partial charge in [-0.15, -0.1) is 11.3 Å². The fourth-order valence-corrected chi connectivity index (χ4v) is 3.22. The summed E-state index contributed by atoms with van der Waals surface area (Å²) in [5.41, 5.74) is 1.47. The number of nitrogens with one attached hydrogen (secondary N) is 2. The topological polar surface area (TPSA) is 91.7 Å². The van der Waals surface area contributed by atoms with E-state index >= 15 is 0 Å². The van der Waals surface area contributed by atoms with E-state index in [4.69, 9.17) is 4.42 Å². The highest BCUT2D eigenvalue weighted by molar-refractivity contribution is 7.18. The molecule has 28 heavy (non-hydrogen) atoms. The van der Waals surface area contributed by atoms with E-state index < -0.39 is 0 Å². The van der Waals surface area contributed by atoms with Crippen LogP contribution in [0.5, 0.6) is 0 Å². The fourth-order valence-electron chi connectivity index (χ4n) is 2.40. The van der Waals surface area contributed by atoms with Gasteiger partial charge in [-0.1, -0.05) is 12.1 Å². The molecular weight excluding hydrogens is 378 g/mol. The Morgan fingerprint density at radius 3 is 2.39 bits per heavy atom. The van der Waals surface area contributed by atoms with Crippen molar-refractivity contribution in [2.24, 2.45) is 0 Å². The van der Waals surface area contributed by atoms with Gasteiger partial charge >= 0.3 is 0 Å². The lowest BCUT2D eigenvalue weighted by atomic mass is 10.1. The lowest BCUT2D eigenvalue weighted by Crippen LogP contribution is -2.23. The van der Waals surface area contributed by atoms with Crippen LogP contribution in [0.2, 0.25) is 0 Å². The molecule has 0 radical (unpaired) electrons. The molecule has 0 saturated heterocycles. The molecule has 0 spiro atoms. The van der Waals surface area contributed by atoms with Crippen LogP contribution >= 0.6 is 11.3 Å². The summed E-state index contributed by atoms with van der Waals surface area (Å²) in [6, 6.07) is 13.6. The number of carbonyl (C=O) groups is 3.